The first-order valence-electron chi connectivity index (χ1n) is 9.92. The minimum absolute atomic E-state index is 0.0184. The number of fused-ring (bicyclic) bond motifs is 1. The van der Waals surface area contributed by atoms with Crippen LogP contribution in [0, 0.1) is 19.3 Å². The van der Waals surface area contributed by atoms with Crippen LogP contribution in [0.15, 0.2) is 47.8 Å². The molecule has 0 spiro atoms. The zero-order valence-corrected chi connectivity index (χ0v) is 17.8. The molecule has 1 atom stereocenters. The highest BCUT2D eigenvalue weighted by Crippen LogP contribution is 2.47. The topological polar surface area (TPSA) is 47.6 Å². The van der Waals surface area contributed by atoms with E-state index >= 15 is 0 Å². The number of amides is 1. The lowest BCUT2D eigenvalue weighted by Gasteiger charge is -2.24. The van der Waals surface area contributed by atoms with Gasteiger partial charge in [-0.1, -0.05) is 41.8 Å². The zero-order chi connectivity index (χ0) is 21.1. The third-order valence-electron chi connectivity index (χ3n) is 5.13. The van der Waals surface area contributed by atoms with Gasteiger partial charge in [0.1, 0.15) is 6.61 Å². The molecule has 1 amide bonds. The molecule has 1 N–H and O–H groups in total. The summed E-state index contributed by atoms with van der Waals surface area (Å²) in [5.74, 6) is 3.73. The van der Waals surface area contributed by atoms with Crippen LogP contribution in [-0.2, 0) is 4.79 Å². The van der Waals surface area contributed by atoms with Crippen molar-refractivity contribution in [2.24, 2.45) is 0 Å². The van der Waals surface area contributed by atoms with E-state index in [2.05, 4.69) is 47.8 Å². The van der Waals surface area contributed by atoms with Gasteiger partial charge in [-0.3, -0.25) is 4.79 Å². The first kappa shape index (κ1) is 20.1. The van der Waals surface area contributed by atoms with Gasteiger partial charge in [0.2, 0.25) is 5.91 Å². The fraction of sp³-hybridized carbons (Fsp3) is 0.240. The second kappa shape index (κ2) is 8.64. The molecule has 152 valence electrons. The third-order valence-corrected chi connectivity index (χ3v) is 6.23. The summed E-state index contributed by atoms with van der Waals surface area (Å²) in [4.78, 5) is 13.7. The van der Waals surface area contributed by atoms with E-state index in [-0.39, 0.29) is 18.4 Å². The van der Waals surface area contributed by atoms with Crippen LogP contribution in [0.3, 0.4) is 0 Å². The van der Waals surface area contributed by atoms with E-state index in [1.807, 2.05) is 25.1 Å². The molecule has 4 rings (SSSR count). The summed E-state index contributed by atoms with van der Waals surface area (Å²) in [5.41, 5.74) is 5.31. The van der Waals surface area contributed by atoms with E-state index in [1.54, 1.807) is 11.3 Å². The Morgan fingerprint density at radius 2 is 1.97 bits per heavy atom. The number of hydrogen-bond donors (Lipinski definition) is 1. The lowest BCUT2D eigenvalue weighted by molar-refractivity contribution is -0.116. The van der Waals surface area contributed by atoms with Gasteiger partial charge in [-0.2, -0.15) is 0 Å². The summed E-state index contributed by atoms with van der Waals surface area (Å²) in [6.07, 6.45) is 5.71. The molecule has 2 aromatic carbocycles. The minimum Gasteiger partial charge on any atom is -0.490 e. The maximum atomic E-state index is 12.6. The summed E-state index contributed by atoms with van der Waals surface area (Å²) in [5, 5.41) is 5.22. The van der Waals surface area contributed by atoms with Crippen LogP contribution in [0.5, 0.6) is 11.5 Å². The van der Waals surface area contributed by atoms with Crippen molar-refractivity contribution in [3.05, 3.63) is 63.8 Å². The van der Waals surface area contributed by atoms with Crippen molar-refractivity contribution < 1.29 is 14.3 Å². The van der Waals surface area contributed by atoms with Gasteiger partial charge in [0.05, 0.1) is 12.3 Å². The monoisotopic (exact) mass is 417 g/mol. The molecule has 1 aromatic heterocycles. The van der Waals surface area contributed by atoms with E-state index in [1.165, 1.54) is 5.56 Å². The van der Waals surface area contributed by atoms with Crippen molar-refractivity contribution in [1.29, 1.82) is 0 Å². The predicted octanol–water partition coefficient (Wildman–Crippen LogP) is 5.61. The van der Waals surface area contributed by atoms with Gasteiger partial charge in [-0.05, 0) is 37.1 Å². The number of carbonyl (C=O) groups is 1. The predicted molar refractivity (Wildman–Crippen MR) is 122 cm³/mol. The second-order valence-corrected chi connectivity index (χ2v) is 8.10. The molecule has 5 heteroatoms. The molecule has 1 aliphatic heterocycles. The van der Waals surface area contributed by atoms with Gasteiger partial charge < -0.3 is 14.8 Å². The number of anilines is 1. The molecule has 4 nitrogen and oxygen atoms in total. The summed E-state index contributed by atoms with van der Waals surface area (Å²) in [7, 11) is 0. The van der Waals surface area contributed by atoms with E-state index in [9.17, 15) is 4.79 Å². The number of rotatable bonds is 6. The van der Waals surface area contributed by atoms with Crippen LogP contribution < -0.4 is 14.8 Å². The molecule has 0 unspecified atom stereocenters. The average molecular weight is 418 g/mol. The van der Waals surface area contributed by atoms with Crippen molar-refractivity contribution in [2.75, 3.05) is 18.5 Å². The fourth-order valence-electron chi connectivity index (χ4n) is 3.69. The largest absolute Gasteiger partial charge is 0.490 e. The van der Waals surface area contributed by atoms with Gasteiger partial charge >= 0.3 is 0 Å². The van der Waals surface area contributed by atoms with Gasteiger partial charge in [0, 0.05) is 28.2 Å². The van der Waals surface area contributed by atoms with Crippen LogP contribution in [0.4, 0.5) is 5.69 Å². The summed E-state index contributed by atoms with van der Waals surface area (Å²) < 4.78 is 11.4. The van der Waals surface area contributed by atoms with E-state index in [0.717, 1.165) is 27.3 Å². The molecular weight excluding hydrogens is 394 g/mol. The SMILES string of the molecule is C#CCOc1ccc([C@H]2CC(=O)Nc3c(-c4ccc(C)cc4)csc32)cc1OCC. The molecule has 0 aliphatic carbocycles. The highest BCUT2D eigenvalue weighted by atomic mass is 32.1. The lowest BCUT2D eigenvalue weighted by atomic mass is 9.89. The van der Waals surface area contributed by atoms with Crippen LogP contribution in [-0.4, -0.2) is 19.1 Å². The molecule has 1 aliphatic rings. The van der Waals surface area contributed by atoms with Crippen LogP contribution in [0.1, 0.15) is 35.3 Å². The van der Waals surface area contributed by atoms with Gasteiger partial charge in [-0.25, -0.2) is 0 Å². The Balaban J connectivity index is 1.73. The number of terminal acetylenes is 1. The van der Waals surface area contributed by atoms with Crippen LogP contribution in [0.25, 0.3) is 11.1 Å². The fourth-order valence-corrected chi connectivity index (χ4v) is 4.85. The first-order valence-corrected chi connectivity index (χ1v) is 10.8. The maximum absolute atomic E-state index is 12.6. The molecular formula is C25H23NO3S. The quantitative estimate of drug-likeness (QED) is 0.531. The van der Waals surface area contributed by atoms with Crippen molar-refractivity contribution in [3.63, 3.8) is 0 Å². The highest BCUT2D eigenvalue weighted by molar-refractivity contribution is 7.11. The normalized spacial score (nSPS) is 15.1. The maximum Gasteiger partial charge on any atom is 0.225 e. The van der Waals surface area contributed by atoms with Gasteiger partial charge in [0.15, 0.2) is 11.5 Å². The van der Waals surface area contributed by atoms with Crippen molar-refractivity contribution in [2.45, 2.75) is 26.2 Å². The number of hydrogen-bond acceptors (Lipinski definition) is 4. The molecule has 0 bridgehead atoms. The van der Waals surface area contributed by atoms with E-state index in [0.29, 0.717) is 24.5 Å². The van der Waals surface area contributed by atoms with Crippen LogP contribution in [0.2, 0.25) is 0 Å². The zero-order valence-electron chi connectivity index (χ0n) is 17.0. The standard InChI is InChI=1S/C25H23NO3S/c1-4-12-29-21-11-10-18(13-22(21)28-5-2)19-14-23(27)26-24-20(15-30-25(19)24)17-8-6-16(3)7-9-17/h1,6-11,13,15,19H,5,12,14H2,2-3H3,(H,26,27)/t19-/m1/s1. The Bertz CT molecular complexity index is 1110. The minimum atomic E-state index is -0.0289. The van der Waals surface area contributed by atoms with Crippen molar-refractivity contribution in [1.82, 2.24) is 0 Å². The van der Waals surface area contributed by atoms with Gasteiger partial charge in [-0.15, -0.1) is 17.8 Å². The Morgan fingerprint density at radius 3 is 2.70 bits per heavy atom. The third kappa shape index (κ3) is 3.92. The molecule has 0 fully saturated rings. The molecule has 30 heavy (non-hydrogen) atoms. The summed E-state index contributed by atoms with van der Waals surface area (Å²) in [6, 6.07) is 14.2. The molecule has 0 radical (unpaired) electrons. The Kier molecular flexibility index (Phi) is 5.78. The van der Waals surface area contributed by atoms with Crippen molar-refractivity contribution >= 4 is 22.9 Å². The second-order valence-electron chi connectivity index (χ2n) is 7.19. The molecule has 2 heterocycles. The Hall–Kier alpha value is -3.23. The summed E-state index contributed by atoms with van der Waals surface area (Å²) in [6.45, 7) is 4.69. The lowest BCUT2D eigenvalue weighted by Crippen LogP contribution is -2.22. The number of ether oxygens (including phenoxy) is 2. The number of carbonyl (C=O) groups excluding carboxylic acids is 1. The van der Waals surface area contributed by atoms with E-state index < -0.39 is 0 Å². The number of aryl methyl sites for hydroxylation is 1. The number of thiophene rings is 1. The first-order chi connectivity index (χ1) is 14.6. The number of benzene rings is 2. The highest BCUT2D eigenvalue weighted by Gasteiger charge is 2.31. The van der Waals surface area contributed by atoms with Crippen molar-refractivity contribution in [3.8, 4) is 35.0 Å². The summed E-state index contributed by atoms with van der Waals surface area (Å²) >= 11 is 1.68. The van der Waals surface area contributed by atoms with Gasteiger partial charge in [0.25, 0.3) is 0 Å². The van der Waals surface area contributed by atoms with E-state index in [4.69, 9.17) is 15.9 Å². The Morgan fingerprint density at radius 1 is 1.17 bits per heavy atom. The molecule has 0 saturated carbocycles. The smallest absolute Gasteiger partial charge is 0.225 e. The number of nitrogens with one attached hydrogen (secondary N) is 1. The molecule has 0 saturated heterocycles. The van der Waals surface area contributed by atoms with Crippen LogP contribution >= 0.6 is 11.3 Å². The Labute approximate surface area is 180 Å². The molecule has 3 aromatic rings. The average Bonchev–Trinajstić information content (AvgIpc) is 3.16.